The van der Waals surface area contributed by atoms with Crippen LogP contribution >= 0.6 is 0 Å². The molecule has 3 heterocycles. The van der Waals surface area contributed by atoms with Crippen LogP contribution in [0.3, 0.4) is 0 Å². The number of rotatable bonds is 4. The maximum Gasteiger partial charge on any atom is 0.258 e. The van der Waals surface area contributed by atoms with Gasteiger partial charge in [0.05, 0.1) is 5.69 Å². The van der Waals surface area contributed by atoms with Crippen molar-refractivity contribution in [3.63, 3.8) is 0 Å². The Kier molecular flexibility index (Phi) is 3.96. The number of benzene rings is 1. The van der Waals surface area contributed by atoms with E-state index in [0.717, 1.165) is 11.3 Å². The van der Waals surface area contributed by atoms with Gasteiger partial charge in [0, 0.05) is 24.2 Å². The van der Waals surface area contributed by atoms with Crippen molar-refractivity contribution in [2.24, 2.45) is 0 Å². The topological polar surface area (TPSA) is 82.5 Å². The van der Waals surface area contributed by atoms with Crippen molar-refractivity contribution < 1.29 is 9.26 Å². The number of aromatic nitrogens is 4. The van der Waals surface area contributed by atoms with E-state index in [0.29, 0.717) is 28.8 Å². The van der Waals surface area contributed by atoms with Gasteiger partial charge in [0.25, 0.3) is 5.56 Å². The second kappa shape index (κ2) is 6.44. The highest BCUT2D eigenvalue weighted by Crippen LogP contribution is 2.20. The van der Waals surface area contributed by atoms with Gasteiger partial charge in [0.1, 0.15) is 18.0 Å². The molecule has 0 saturated carbocycles. The van der Waals surface area contributed by atoms with Crippen molar-refractivity contribution in [2.45, 2.75) is 20.5 Å². The fourth-order valence-electron chi connectivity index (χ4n) is 2.71. The summed E-state index contributed by atoms with van der Waals surface area (Å²) >= 11 is 0. The lowest BCUT2D eigenvalue weighted by Gasteiger charge is -2.08. The monoisotopic (exact) mass is 348 g/mol. The zero-order valence-electron chi connectivity index (χ0n) is 14.3. The predicted molar refractivity (Wildman–Crippen MR) is 95.0 cm³/mol. The largest absolute Gasteiger partial charge is 0.487 e. The van der Waals surface area contributed by atoms with Crippen LogP contribution in [0.1, 0.15) is 17.3 Å². The van der Waals surface area contributed by atoms with E-state index in [1.807, 2.05) is 43.3 Å². The molecule has 7 heteroatoms. The Hall–Kier alpha value is -3.48. The van der Waals surface area contributed by atoms with E-state index in [1.165, 1.54) is 6.07 Å². The van der Waals surface area contributed by atoms with Gasteiger partial charge in [-0.05, 0) is 43.3 Å². The van der Waals surface area contributed by atoms with Gasteiger partial charge in [-0.15, -0.1) is 0 Å². The van der Waals surface area contributed by atoms with Crippen LogP contribution in [0, 0.1) is 13.8 Å². The maximum atomic E-state index is 12.3. The van der Waals surface area contributed by atoms with Crippen LogP contribution in [0.5, 0.6) is 5.75 Å². The third-order valence-corrected chi connectivity index (χ3v) is 3.96. The first-order chi connectivity index (χ1) is 12.6. The molecule has 0 spiro atoms. The number of nitrogens with zero attached hydrogens (tertiary/aromatic N) is 4. The molecule has 4 rings (SSSR count). The summed E-state index contributed by atoms with van der Waals surface area (Å²) in [5.41, 5.74) is 2.76. The van der Waals surface area contributed by atoms with Gasteiger partial charge >= 0.3 is 0 Å². The molecule has 4 aromatic rings. The second-order valence-electron chi connectivity index (χ2n) is 5.90. The highest BCUT2D eigenvalue weighted by atomic mass is 16.5. The van der Waals surface area contributed by atoms with E-state index < -0.39 is 0 Å². The molecule has 0 radical (unpaired) electrons. The molecule has 7 nitrogen and oxygen atoms in total. The van der Waals surface area contributed by atoms with E-state index in [2.05, 4.69) is 15.1 Å². The Balaban J connectivity index is 1.52. The zero-order chi connectivity index (χ0) is 18.1. The molecule has 0 N–H and O–H groups in total. The van der Waals surface area contributed by atoms with Crippen LogP contribution in [0.2, 0.25) is 0 Å². The van der Waals surface area contributed by atoms with E-state index in [1.54, 1.807) is 17.4 Å². The zero-order valence-corrected chi connectivity index (χ0v) is 14.3. The van der Waals surface area contributed by atoms with Gasteiger partial charge in [-0.25, -0.2) is 4.98 Å². The molecule has 3 aromatic heterocycles. The van der Waals surface area contributed by atoms with Crippen molar-refractivity contribution in [1.82, 2.24) is 19.5 Å². The highest BCUT2D eigenvalue weighted by molar-refractivity contribution is 5.55. The van der Waals surface area contributed by atoms with Crippen LogP contribution < -0.4 is 10.3 Å². The molecule has 1 aromatic carbocycles. The summed E-state index contributed by atoms with van der Waals surface area (Å²) in [6.07, 6.45) is 0. The summed E-state index contributed by atoms with van der Waals surface area (Å²) in [4.78, 5) is 20.9. The van der Waals surface area contributed by atoms with Gasteiger partial charge in [-0.3, -0.25) is 9.20 Å². The Bertz CT molecular complexity index is 1130. The lowest BCUT2D eigenvalue weighted by molar-refractivity contribution is 0.301. The standard InChI is InChI=1S/C19H16N4O3/c1-12-4-3-5-17-21-15(10-18(24)23(12)17)11-25-16-8-6-14(7-9-16)19-20-13(2)26-22-19/h3-10H,11H2,1-2H3. The molecule has 0 aliphatic heterocycles. The highest BCUT2D eigenvalue weighted by Gasteiger charge is 2.07. The SMILES string of the molecule is Cc1nc(-c2ccc(OCc3cc(=O)n4c(C)cccc4n3)cc2)no1. The molecule has 130 valence electrons. The van der Waals surface area contributed by atoms with Crippen molar-refractivity contribution >= 4 is 5.65 Å². The lowest BCUT2D eigenvalue weighted by Crippen LogP contribution is -2.18. The normalized spacial score (nSPS) is 11.0. The number of ether oxygens (including phenoxy) is 1. The smallest absolute Gasteiger partial charge is 0.258 e. The van der Waals surface area contributed by atoms with Gasteiger partial charge in [-0.1, -0.05) is 11.2 Å². The van der Waals surface area contributed by atoms with E-state index in [4.69, 9.17) is 9.26 Å². The summed E-state index contributed by atoms with van der Waals surface area (Å²) in [6, 6.07) is 14.4. The number of pyridine rings is 1. The third-order valence-electron chi connectivity index (χ3n) is 3.96. The Morgan fingerprint density at radius 3 is 2.62 bits per heavy atom. The summed E-state index contributed by atoms with van der Waals surface area (Å²) in [5.74, 6) is 1.72. The minimum Gasteiger partial charge on any atom is -0.487 e. The number of aryl methyl sites for hydroxylation is 2. The van der Waals surface area contributed by atoms with Crippen molar-refractivity contribution in [3.05, 3.63) is 76.2 Å². The van der Waals surface area contributed by atoms with Crippen LogP contribution in [-0.4, -0.2) is 19.5 Å². The third kappa shape index (κ3) is 3.06. The molecule has 0 saturated heterocycles. The number of hydrogen-bond donors (Lipinski definition) is 0. The molecular weight excluding hydrogens is 332 g/mol. The van der Waals surface area contributed by atoms with Crippen LogP contribution in [-0.2, 0) is 6.61 Å². The lowest BCUT2D eigenvalue weighted by atomic mass is 10.2. The first-order valence-electron chi connectivity index (χ1n) is 8.12. The van der Waals surface area contributed by atoms with Crippen molar-refractivity contribution in [1.29, 1.82) is 0 Å². The minimum atomic E-state index is -0.116. The van der Waals surface area contributed by atoms with E-state index >= 15 is 0 Å². The predicted octanol–water partition coefficient (Wildman–Crippen LogP) is 2.94. The van der Waals surface area contributed by atoms with Crippen LogP contribution in [0.15, 0.2) is 57.8 Å². The average Bonchev–Trinajstić information content (AvgIpc) is 3.07. The Morgan fingerprint density at radius 1 is 1.08 bits per heavy atom. The van der Waals surface area contributed by atoms with Crippen LogP contribution in [0.4, 0.5) is 0 Å². The summed E-state index contributed by atoms with van der Waals surface area (Å²) < 4.78 is 12.3. The van der Waals surface area contributed by atoms with Gasteiger partial charge < -0.3 is 9.26 Å². The summed E-state index contributed by atoms with van der Waals surface area (Å²) in [6.45, 7) is 3.83. The van der Waals surface area contributed by atoms with E-state index in [9.17, 15) is 4.79 Å². The molecule has 0 unspecified atom stereocenters. The minimum absolute atomic E-state index is 0.116. The van der Waals surface area contributed by atoms with Crippen molar-refractivity contribution in [3.8, 4) is 17.1 Å². The van der Waals surface area contributed by atoms with E-state index in [-0.39, 0.29) is 12.2 Å². The molecular formula is C19H16N4O3. The number of hydrogen-bond acceptors (Lipinski definition) is 6. The molecule has 0 aliphatic rings. The van der Waals surface area contributed by atoms with Crippen molar-refractivity contribution in [2.75, 3.05) is 0 Å². The van der Waals surface area contributed by atoms with Gasteiger partial charge in [0.15, 0.2) is 0 Å². The molecule has 0 atom stereocenters. The second-order valence-corrected chi connectivity index (χ2v) is 5.90. The Morgan fingerprint density at radius 2 is 1.88 bits per heavy atom. The summed E-state index contributed by atoms with van der Waals surface area (Å²) in [5, 5.41) is 3.88. The number of fused-ring (bicyclic) bond motifs is 1. The quantitative estimate of drug-likeness (QED) is 0.564. The van der Waals surface area contributed by atoms with Gasteiger partial charge in [-0.2, -0.15) is 4.98 Å². The van der Waals surface area contributed by atoms with Crippen LogP contribution in [0.25, 0.3) is 17.0 Å². The first-order valence-corrected chi connectivity index (χ1v) is 8.12. The molecule has 0 bridgehead atoms. The fraction of sp³-hybridized carbons (Fsp3) is 0.158. The average molecular weight is 348 g/mol. The summed E-state index contributed by atoms with van der Waals surface area (Å²) in [7, 11) is 0. The fourth-order valence-corrected chi connectivity index (χ4v) is 2.71. The maximum absolute atomic E-state index is 12.3. The Labute approximate surface area is 148 Å². The molecule has 26 heavy (non-hydrogen) atoms. The molecule has 0 aliphatic carbocycles. The first kappa shape index (κ1) is 16.0. The van der Waals surface area contributed by atoms with Gasteiger partial charge in [0.2, 0.25) is 11.7 Å². The molecule has 0 fully saturated rings. The molecule has 0 amide bonds.